The zero-order chi connectivity index (χ0) is 13.8. The Morgan fingerprint density at radius 3 is 2.84 bits per heavy atom. The monoisotopic (exact) mass is 371 g/mol. The Morgan fingerprint density at radius 1 is 1.37 bits per heavy atom. The van der Waals surface area contributed by atoms with Crippen LogP contribution in [0.3, 0.4) is 0 Å². The fourth-order valence-corrected chi connectivity index (χ4v) is 2.60. The molecule has 2 aromatic rings. The van der Waals surface area contributed by atoms with Crippen LogP contribution in [0.15, 0.2) is 23.0 Å². The number of hydrogen-bond donors (Lipinski definition) is 1. The molecular formula is C14H18IN3O. The minimum absolute atomic E-state index is 0.0678. The fourth-order valence-electron chi connectivity index (χ4n) is 2.11. The van der Waals surface area contributed by atoms with Crippen LogP contribution in [0.4, 0.5) is 0 Å². The van der Waals surface area contributed by atoms with Crippen molar-refractivity contribution in [1.29, 1.82) is 0 Å². The van der Waals surface area contributed by atoms with Crippen molar-refractivity contribution in [3.63, 3.8) is 0 Å². The van der Waals surface area contributed by atoms with Crippen LogP contribution in [0.25, 0.3) is 10.9 Å². The number of nitrogens with one attached hydrogen (secondary N) is 1. The summed E-state index contributed by atoms with van der Waals surface area (Å²) in [6.07, 6.45) is 0.767. The summed E-state index contributed by atoms with van der Waals surface area (Å²) >= 11 is 2.22. The molecule has 102 valence electrons. The predicted octanol–water partition coefficient (Wildman–Crippen LogP) is 2.17. The molecule has 0 saturated heterocycles. The van der Waals surface area contributed by atoms with Crippen LogP contribution in [-0.2, 0) is 13.0 Å². The molecule has 0 radical (unpaired) electrons. The first-order valence-electron chi connectivity index (χ1n) is 6.57. The highest BCUT2D eigenvalue weighted by Crippen LogP contribution is 2.13. The zero-order valence-corrected chi connectivity index (χ0v) is 13.4. The number of nitrogens with zero attached hydrogens (tertiary/aromatic N) is 2. The molecule has 0 aliphatic heterocycles. The Balaban J connectivity index is 2.53. The second-order valence-electron chi connectivity index (χ2n) is 4.35. The molecule has 0 fully saturated rings. The smallest absolute Gasteiger partial charge is 0.261 e. The third-order valence-electron chi connectivity index (χ3n) is 3.07. The van der Waals surface area contributed by atoms with Gasteiger partial charge in [0.15, 0.2) is 0 Å². The fraction of sp³-hybridized carbons (Fsp3) is 0.429. The van der Waals surface area contributed by atoms with Crippen molar-refractivity contribution in [2.24, 2.45) is 0 Å². The molecule has 0 spiro atoms. The summed E-state index contributed by atoms with van der Waals surface area (Å²) in [7, 11) is 0. The SMILES string of the molecule is CCNCCn1c(CC)nc2ccc(I)cc2c1=O. The number of aromatic nitrogens is 2. The number of hydrogen-bond acceptors (Lipinski definition) is 3. The lowest BCUT2D eigenvalue weighted by Gasteiger charge is -2.12. The van der Waals surface area contributed by atoms with E-state index in [1.165, 1.54) is 0 Å². The molecule has 1 heterocycles. The maximum absolute atomic E-state index is 12.5. The summed E-state index contributed by atoms with van der Waals surface area (Å²) in [6, 6.07) is 5.82. The normalized spacial score (nSPS) is 11.1. The summed E-state index contributed by atoms with van der Waals surface area (Å²) in [5, 5.41) is 3.95. The van der Waals surface area contributed by atoms with Gasteiger partial charge < -0.3 is 5.32 Å². The highest BCUT2D eigenvalue weighted by atomic mass is 127. The number of halogens is 1. The van der Waals surface area contributed by atoms with E-state index in [-0.39, 0.29) is 5.56 Å². The first-order chi connectivity index (χ1) is 9.17. The number of rotatable bonds is 5. The number of fused-ring (bicyclic) bond motifs is 1. The standard InChI is InChI=1S/C14H18IN3O/c1-3-13-17-12-6-5-10(15)9-11(12)14(19)18(13)8-7-16-4-2/h5-6,9,16H,3-4,7-8H2,1-2H3. The Bertz CT molecular complexity index is 636. The van der Waals surface area contributed by atoms with Gasteiger partial charge in [0.2, 0.25) is 0 Å². The van der Waals surface area contributed by atoms with Gasteiger partial charge >= 0.3 is 0 Å². The van der Waals surface area contributed by atoms with E-state index in [1.807, 2.05) is 25.1 Å². The van der Waals surface area contributed by atoms with E-state index < -0.39 is 0 Å². The minimum Gasteiger partial charge on any atom is -0.315 e. The van der Waals surface area contributed by atoms with Crippen molar-refractivity contribution >= 4 is 33.5 Å². The van der Waals surface area contributed by atoms with Gasteiger partial charge in [0, 0.05) is 23.1 Å². The highest BCUT2D eigenvalue weighted by molar-refractivity contribution is 14.1. The topological polar surface area (TPSA) is 46.9 Å². The second-order valence-corrected chi connectivity index (χ2v) is 5.60. The first-order valence-corrected chi connectivity index (χ1v) is 7.65. The van der Waals surface area contributed by atoms with E-state index in [0.29, 0.717) is 11.9 Å². The third-order valence-corrected chi connectivity index (χ3v) is 3.74. The van der Waals surface area contributed by atoms with Crippen LogP contribution >= 0.6 is 22.6 Å². The van der Waals surface area contributed by atoms with Gasteiger partial charge in [-0.2, -0.15) is 0 Å². The Kier molecular flexibility index (Phi) is 4.93. The van der Waals surface area contributed by atoms with Crippen molar-refractivity contribution in [2.75, 3.05) is 13.1 Å². The average molecular weight is 371 g/mol. The molecule has 2 rings (SSSR count). The number of likely N-dealkylation sites (N-methyl/N-ethyl adjacent to an activating group) is 1. The van der Waals surface area contributed by atoms with Gasteiger partial charge in [-0.3, -0.25) is 9.36 Å². The van der Waals surface area contributed by atoms with Crippen LogP contribution in [0.2, 0.25) is 0 Å². The lowest BCUT2D eigenvalue weighted by molar-refractivity contribution is 0.572. The molecule has 4 nitrogen and oxygen atoms in total. The predicted molar refractivity (Wildman–Crippen MR) is 86.6 cm³/mol. The molecule has 1 N–H and O–H groups in total. The van der Waals surface area contributed by atoms with Gasteiger partial charge in [-0.25, -0.2) is 4.98 Å². The van der Waals surface area contributed by atoms with Gasteiger partial charge in [-0.1, -0.05) is 13.8 Å². The summed E-state index contributed by atoms with van der Waals surface area (Å²) in [5.74, 6) is 0.858. The van der Waals surface area contributed by atoms with Crippen molar-refractivity contribution in [3.8, 4) is 0 Å². The maximum atomic E-state index is 12.5. The quantitative estimate of drug-likeness (QED) is 0.648. The van der Waals surface area contributed by atoms with Gasteiger partial charge in [0.1, 0.15) is 5.82 Å². The Labute approximate surface area is 126 Å². The summed E-state index contributed by atoms with van der Waals surface area (Å²) in [4.78, 5) is 17.2. The molecule has 0 aliphatic rings. The van der Waals surface area contributed by atoms with Gasteiger partial charge in [-0.05, 0) is 47.3 Å². The van der Waals surface area contributed by atoms with Gasteiger partial charge in [-0.15, -0.1) is 0 Å². The largest absolute Gasteiger partial charge is 0.315 e. The lowest BCUT2D eigenvalue weighted by atomic mass is 10.2. The van der Waals surface area contributed by atoms with Gasteiger partial charge in [0.25, 0.3) is 5.56 Å². The van der Waals surface area contributed by atoms with E-state index in [0.717, 1.165) is 34.4 Å². The van der Waals surface area contributed by atoms with E-state index in [1.54, 1.807) is 4.57 Å². The van der Waals surface area contributed by atoms with Gasteiger partial charge in [0.05, 0.1) is 10.9 Å². The summed E-state index contributed by atoms with van der Waals surface area (Å²) < 4.78 is 2.85. The lowest BCUT2D eigenvalue weighted by Crippen LogP contribution is -2.30. The molecule has 5 heteroatoms. The molecule has 19 heavy (non-hydrogen) atoms. The molecule has 0 atom stereocenters. The van der Waals surface area contributed by atoms with Crippen LogP contribution in [-0.4, -0.2) is 22.6 Å². The molecular weight excluding hydrogens is 353 g/mol. The Morgan fingerprint density at radius 2 is 2.16 bits per heavy atom. The Hall–Kier alpha value is -0.950. The summed E-state index contributed by atoms with van der Waals surface area (Å²) in [5.41, 5.74) is 0.861. The van der Waals surface area contributed by atoms with Crippen LogP contribution in [0.5, 0.6) is 0 Å². The summed E-state index contributed by atoms with van der Waals surface area (Å²) in [6.45, 7) is 6.47. The first kappa shape index (κ1) is 14.5. The maximum Gasteiger partial charge on any atom is 0.261 e. The zero-order valence-electron chi connectivity index (χ0n) is 11.2. The van der Waals surface area contributed by atoms with Crippen molar-refractivity contribution in [3.05, 3.63) is 37.9 Å². The van der Waals surface area contributed by atoms with E-state index in [2.05, 4.69) is 39.8 Å². The van der Waals surface area contributed by atoms with Crippen molar-refractivity contribution < 1.29 is 0 Å². The van der Waals surface area contributed by atoms with E-state index in [9.17, 15) is 4.79 Å². The third kappa shape index (κ3) is 3.14. The molecule has 0 saturated carbocycles. The van der Waals surface area contributed by atoms with Crippen LogP contribution in [0, 0.1) is 3.57 Å². The molecule has 0 unspecified atom stereocenters. The average Bonchev–Trinajstić information content (AvgIpc) is 2.42. The molecule has 0 aliphatic carbocycles. The highest BCUT2D eigenvalue weighted by Gasteiger charge is 2.09. The molecule has 0 bridgehead atoms. The number of benzene rings is 1. The van der Waals surface area contributed by atoms with E-state index in [4.69, 9.17) is 0 Å². The van der Waals surface area contributed by atoms with E-state index >= 15 is 0 Å². The number of aryl methyl sites for hydroxylation is 1. The van der Waals surface area contributed by atoms with Crippen LogP contribution < -0.4 is 10.9 Å². The van der Waals surface area contributed by atoms with Crippen LogP contribution in [0.1, 0.15) is 19.7 Å². The minimum atomic E-state index is 0.0678. The van der Waals surface area contributed by atoms with Crippen molar-refractivity contribution in [2.45, 2.75) is 26.8 Å². The molecule has 0 amide bonds. The second kappa shape index (κ2) is 6.47. The molecule has 1 aromatic heterocycles. The van der Waals surface area contributed by atoms with Crippen molar-refractivity contribution in [1.82, 2.24) is 14.9 Å². The molecule has 1 aromatic carbocycles.